The highest BCUT2D eigenvalue weighted by Gasteiger charge is 2.23. The summed E-state index contributed by atoms with van der Waals surface area (Å²) in [5, 5.41) is 4.52. The summed E-state index contributed by atoms with van der Waals surface area (Å²) in [6.45, 7) is 0. The first-order chi connectivity index (χ1) is 27.8. The van der Waals surface area contributed by atoms with Gasteiger partial charge in [0.1, 0.15) is 11.2 Å². The van der Waals surface area contributed by atoms with E-state index in [0.29, 0.717) is 17.5 Å². The topological polar surface area (TPSA) is 56.7 Å². The molecule has 11 aromatic rings. The summed E-state index contributed by atoms with van der Waals surface area (Å²) in [4.78, 5) is 15.4. The fourth-order valence-corrected chi connectivity index (χ4v) is 8.13. The molecule has 262 valence electrons. The van der Waals surface area contributed by atoms with Crippen molar-refractivity contribution >= 4 is 43.7 Å². The monoisotopic (exact) mass is 716 g/mol. The molecule has 0 aliphatic carbocycles. The van der Waals surface area contributed by atoms with Gasteiger partial charge in [-0.1, -0.05) is 158 Å². The van der Waals surface area contributed by atoms with Crippen molar-refractivity contribution in [3.63, 3.8) is 0 Å². The number of hydrogen-bond donors (Lipinski definition) is 0. The van der Waals surface area contributed by atoms with E-state index in [9.17, 15) is 0 Å². The predicted octanol–water partition coefficient (Wildman–Crippen LogP) is 13.2. The molecule has 0 spiro atoms. The maximum atomic E-state index is 6.59. The summed E-state index contributed by atoms with van der Waals surface area (Å²) in [5.74, 6) is 1.84. The maximum absolute atomic E-state index is 6.59. The number of furan rings is 1. The lowest BCUT2D eigenvalue weighted by Gasteiger charge is -2.14. The number of para-hydroxylation sites is 2. The third-order valence-corrected chi connectivity index (χ3v) is 10.7. The van der Waals surface area contributed by atoms with Gasteiger partial charge in [-0.3, -0.25) is 0 Å². The van der Waals surface area contributed by atoms with Crippen LogP contribution in [0.2, 0.25) is 0 Å². The van der Waals surface area contributed by atoms with Gasteiger partial charge in [0.25, 0.3) is 0 Å². The van der Waals surface area contributed by atoms with E-state index >= 15 is 0 Å². The highest BCUT2D eigenvalue weighted by atomic mass is 16.3. The normalized spacial score (nSPS) is 11.6. The second-order valence-electron chi connectivity index (χ2n) is 14.0. The zero-order valence-electron chi connectivity index (χ0n) is 30.2. The first-order valence-electron chi connectivity index (χ1n) is 18.8. The molecule has 0 aliphatic heterocycles. The highest BCUT2D eigenvalue weighted by Crippen LogP contribution is 2.45. The van der Waals surface area contributed by atoms with E-state index in [4.69, 9.17) is 19.4 Å². The first kappa shape index (κ1) is 31.9. The zero-order chi connectivity index (χ0) is 37.0. The summed E-state index contributed by atoms with van der Waals surface area (Å²) in [7, 11) is 0. The molecule has 0 amide bonds. The second kappa shape index (κ2) is 13.0. The van der Waals surface area contributed by atoms with Gasteiger partial charge in [0.05, 0.1) is 16.7 Å². The Balaban J connectivity index is 1.15. The van der Waals surface area contributed by atoms with Crippen LogP contribution in [0.25, 0.3) is 106 Å². The Hall–Kier alpha value is -7.63. The van der Waals surface area contributed by atoms with Crippen molar-refractivity contribution in [1.29, 1.82) is 0 Å². The molecule has 0 bridgehead atoms. The Bertz CT molecular complexity index is 3220. The largest absolute Gasteiger partial charge is 0.456 e. The fraction of sp³-hybridized carbons (Fsp3) is 0. The quantitative estimate of drug-likeness (QED) is 0.172. The zero-order valence-corrected chi connectivity index (χ0v) is 30.2. The van der Waals surface area contributed by atoms with Gasteiger partial charge in [-0.05, 0) is 58.7 Å². The minimum atomic E-state index is 0.601. The molecule has 56 heavy (non-hydrogen) atoms. The van der Waals surface area contributed by atoms with E-state index in [0.717, 1.165) is 88.4 Å². The first-order valence-corrected chi connectivity index (χ1v) is 18.8. The molecule has 0 fully saturated rings. The Morgan fingerprint density at radius 1 is 0.321 bits per heavy atom. The number of hydrogen-bond acceptors (Lipinski definition) is 4. The Morgan fingerprint density at radius 2 is 0.857 bits per heavy atom. The van der Waals surface area contributed by atoms with Gasteiger partial charge in [-0.25, -0.2) is 15.0 Å². The predicted molar refractivity (Wildman–Crippen MR) is 229 cm³/mol. The van der Waals surface area contributed by atoms with Crippen LogP contribution in [-0.2, 0) is 0 Å². The number of fused-ring (bicyclic) bond motifs is 7. The molecule has 0 unspecified atom stereocenters. The third-order valence-electron chi connectivity index (χ3n) is 10.7. The molecule has 5 nitrogen and oxygen atoms in total. The van der Waals surface area contributed by atoms with Crippen molar-refractivity contribution in [2.75, 3.05) is 0 Å². The molecule has 8 aromatic carbocycles. The van der Waals surface area contributed by atoms with E-state index in [1.165, 1.54) is 0 Å². The Morgan fingerprint density at radius 3 is 1.61 bits per heavy atom. The summed E-state index contributed by atoms with van der Waals surface area (Å²) in [5.41, 5.74) is 12.2. The molecule has 0 aliphatic rings. The minimum Gasteiger partial charge on any atom is -0.456 e. The number of benzene rings is 8. The lowest BCUT2D eigenvalue weighted by Crippen LogP contribution is -2.03. The van der Waals surface area contributed by atoms with Crippen LogP contribution >= 0.6 is 0 Å². The molecule has 11 rings (SSSR count). The van der Waals surface area contributed by atoms with Gasteiger partial charge >= 0.3 is 0 Å². The molecule has 0 atom stereocenters. The molecule has 0 radical (unpaired) electrons. The molecule has 5 heteroatoms. The van der Waals surface area contributed by atoms with Crippen LogP contribution in [0.5, 0.6) is 0 Å². The Labute approximate surface area is 322 Å². The average Bonchev–Trinajstić information content (AvgIpc) is 3.83. The van der Waals surface area contributed by atoms with E-state index in [2.05, 4.69) is 162 Å². The van der Waals surface area contributed by atoms with E-state index < -0.39 is 0 Å². The van der Waals surface area contributed by atoms with Crippen LogP contribution < -0.4 is 0 Å². The van der Waals surface area contributed by atoms with E-state index in [1.807, 2.05) is 36.4 Å². The molecule has 0 N–H and O–H groups in total. The smallest absolute Gasteiger partial charge is 0.166 e. The van der Waals surface area contributed by atoms with Crippen molar-refractivity contribution in [3.05, 3.63) is 194 Å². The van der Waals surface area contributed by atoms with Gasteiger partial charge in [0.2, 0.25) is 0 Å². The summed E-state index contributed by atoms with van der Waals surface area (Å²) in [6.07, 6.45) is 0. The van der Waals surface area contributed by atoms with Gasteiger partial charge in [0.15, 0.2) is 17.5 Å². The van der Waals surface area contributed by atoms with Crippen LogP contribution in [0.15, 0.2) is 199 Å². The standard InChI is InChI=1S/C51H32N4O/c1-4-15-33(16-5-1)34-27-29-37(30-28-34)50-52-49(36-19-8-3-9-20-36)53-51(54-50)40-22-11-13-25-42(40)55-41-24-12-10-21-39(41)46-43(55)31-32-45-48(46)47-38(23-14-26-44(47)56-45)35-17-6-2-7-18-35/h1-32H. The van der Waals surface area contributed by atoms with E-state index in [-0.39, 0.29) is 0 Å². The summed E-state index contributed by atoms with van der Waals surface area (Å²) in [6, 6.07) is 67.2. The van der Waals surface area contributed by atoms with Gasteiger partial charge in [0, 0.05) is 38.2 Å². The van der Waals surface area contributed by atoms with Crippen molar-refractivity contribution in [1.82, 2.24) is 19.5 Å². The highest BCUT2D eigenvalue weighted by molar-refractivity contribution is 6.29. The molecule has 3 aromatic heterocycles. The van der Waals surface area contributed by atoms with Crippen molar-refractivity contribution in [3.8, 4) is 62.1 Å². The van der Waals surface area contributed by atoms with Crippen molar-refractivity contribution in [2.45, 2.75) is 0 Å². The number of aromatic nitrogens is 4. The molecule has 3 heterocycles. The lowest BCUT2D eigenvalue weighted by molar-refractivity contribution is 0.669. The summed E-state index contributed by atoms with van der Waals surface area (Å²) >= 11 is 0. The van der Waals surface area contributed by atoms with Crippen LogP contribution in [-0.4, -0.2) is 19.5 Å². The number of nitrogens with zero attached hydrogens (tertiary/aromatic N) is 4. The molecule has 0 saturated heterocycles. The third kappa shape index (κ3) is 5.21. The van der Waals surface area contributed by atoms with Gasteiger partial charge in [-0.2, -0.15) is 0 Å². The Kier molecular flexibility index (Phi) is 7.42. The minimum absolute atomic E-state index is 0.601. The SMILES string of the molecule is c1ccc(-c2ccc(-c3nc(-c4ccccc4)nc(-c4ccccc4-n4c5ccccc5c5c6c(ccc54)oc4cccc(-c5ccccc5)c46)n3)cc2)cc1. The maximum Gasteiger partial charge on any atom is 0.166 e. The van der Waals surface area contributed by atoms with Crippen LogP contribution in [0.4, 0.5) is 0 Å². The molecular formula is C51H32N4O. The van der Waals surface area contributed by atoms with Gasteiger partial charge in [-0.15, -0.1) is 0 Å². The van der Waals surface area contributed by atoms with Crippen molar-refractivity contribution < 1.29 is 4.42 Å². The molecular weight excluding hydrogens is 685 g/mol. The lowest BCUT2D eigenvalue weighted by atomic mass is 9.97. The van der Waals surface area contributed by atoms with Crippen LogP contribution in [0.1, 0.15) is 0 Å². The average molecular weight is 717 g/mol. The van der Waals surface area contributed by atoms with Crippen LogP contribution in [0.3, 0.4) is 0 Å². The van der Waals surface area contributed by atoms with E-state index in [1.54, 1.807) is 0 Å². The van der Waals surface area contributed by atoms with Gasteiger partial charge < -0.3 is 8.98 Å². The van der Waals surface area contributed by atoms with Crippen LogP contribution in [0, 0.1) is 0 Å². The van der Waals surface area contributed by atoms with Crippen molar-refractivity contribution in [2.24, 2.45) is 0 Å². The number of rotatable bonds is 6. The second-order valence-corrected chi connectivity index (χ2v) is 14.0. The molecule has 0 saturated carbocycles. The summed E-state index contributed by atoms with van der Waals surface area (Å²) < 4.78 is 8.94. The fourth-order valence-electron chi connectivity index (χ4n) is 8.13.